The molecule has 88 valence electrons. The van der Waals surface area contributed by atoms with E-state index in [1.165, 1.54) is 19.1 Å². The van der Waals surface area contributed by atoms with Crippen LogP contribution in [0.15, 0.2) is 0 Å². The van der Waals surface area contributed by atoms with Crippen molar-refractivity contribution in [3.05, 3.63) is 0 Å². The summed E-state index contributed by atoms with van der Waals surface area (Å²) in [5.41, 5.74) is 0.131. The highest BCUT2D eigenvalue weighted by atomic mass is 16.5. The van der Waals surface area contributed by atoms with E-state index in [0.29, 0.717) is 5.92 Å². The summed E-state index contributed by atoms with van der Waals surface area (Å²) >= 11 is 0. The highest BCUT2D eigenvalue weighted by Gasteiger charge is 2.45. The van der Waals surface area contributed by atoms with Crippen LogP contribution in [0.3, 0.4) is 0 Å². The highest BCUT2D eigenvalue weighted by Crippen LogP contribution is 2.49. The zero-order chi connectivity index (χ0) is 11.3. The molecule has 1 fully saturated rings. The summed E-state index contributed by atoms with van der Waals surface area (Å²) in [7, 11) is 1.75. The van der Waals surface area contributed by atoms with Crippen molar-refractivity contribution in [2.24, 2.45) is 17.3 Å². The lowest BCUT2D eigenvalue weighted by Crippen LogP contribution is -2.38. The van der Waals surface area contributed by atoms with Crippen LogP contribution in [0.4, 0.5) is 0 Å². The topological polar surface area (TPSA) is 26.3 Å². The van der Waals surface area contributed by atoms with Crippen molar-refractivity contribution in [1.82, 2.24) is 0 Å². The van der Waals surface area contributed by atoms with E-state index < -0.39 is 0 Å². The maximum absolute atomic E-state index is 11.3. The summed E-state index contributed by atoms with van der Waals surface area (Å²) in [6.07, 6.45) is 6.92. The van der Waals surface area contributed by atoms with Gasteiger partial charge in [0.05, 0.1) is 6.61 Å². The zero-order valence-corrected chi connectivity index (χ0v) is 10.3. The fraction of sp³-hybridized carbons (Fsp3) is 0.923. The molecule has 2 nitrogen and oxygen atoms in total. The van der Waals surface area contributed by atoms with Gasteiger partial charge in [-0.1, -0.05) is 33.1 Å². The molecule has 0 aromatic rings. The van der Waals surface area contributed by atoms with Crippen LogP contribution in [0.2, 0.25) is 0 Å². The summed E-state index contributed by atoms with van der Waals surface area (Å²) in [6.45, 7) is 5.17. The molecule has 0 aliphatic heterocycles. The van der Waals surface area contributed by atoms with E-state index in [2.05, 4.69) is 13.8 Å². The van der Waals surface area contributed by atoms with Crippen LogP contribution in [0.5, 0.6) is 0 Å². The van der Waals surface area contributed by atoms with Crippen molar-refractivity contribution in [3.63, 3.8) is 0 Å². The summed E-state index contributed by atoms with van der Waals surface area (Å²) in [4.78, 5) is 11.3. The molecule has 0 amide bonds. The number of ether oxygens (including phenoxy) is 1. The van der Waals surface area contributed by atoms with Crippen LogP contribution in [0.25, 0.3) is 0 Å². The Hall–Kier alpha value is -0.370. The monoisotopic (exact) mass is 212 g/mol. The third-order valence-corrected chi connectivity index (χ3v) is 4.18. The van der Waals surface area contributed by atoms with Gasteiger partial charge in [0.15, 0.2) is 0 Å². The molecule has 2 heteroatoms. The van der Waals surface area contributed by atoms with E-state index in [0.717, 1.165) is 25.9 Å². The number of carbonyl (C=O) groups is 1. The van der Waals surface area contributed by atoms with Crippen molar-refractivity contribution in [3.8, 4) is 0 Å². The fourth-order valence-electron chi connectivity index (χ4n) is 3.21. The van der Waals surface area contributed by atoms with Gasteiger partial charge < -0.3 is 9.53 Å². The molecule has 0 aromatic carbocycles. The van der Waals surface area contributed by atoms with Gasteiger partial charge >= 0.3 is 0 Å². The molecule has 1 saturated carbocycles. The van der Waals surface area contributed by atoms with Crippen molar-refractivity contribution in [2.45, 2.75) is 46.0 Å². The smallest absolute Gasteiger partial charge is 0.123 e. The van der Waals surface area contributed by atoms with E-state index in [4.69, 9.17) is 4.74 Å². The standard InChI is InChI=1S/C13H24O2/c1-4-6-12(9-14)13(10-15-3)8-5-7-11(13)2/h9,11-12H,4-8,10H2,1-3H3. The first kappa shape index (κ1) is 12.7. The molecule has 3 unspecified atom stereocenters. The molecule has 0 saturated heterocycles. The maximum atomic E-state index is 11.3. The van der Waals surface area contributed by atoms with Gasteiger partial charge in [-0.25, -0.2) is 0 Å². The van der Waals surface area contributed by atoms with E-state index in [-0.39, 0.29) is 11.3 Å². The number of hydrogen-bond donors (Lipinski definition) is 0. The van der Waals surface area contributed by atoms with Crippen LogP contribution >= 0.6 is 0 Å². The maximum Gasteiger partial charge on any atom is 0.123 e. The Morgan fingerprint density at radius 3 is 2.73 bits per heavy atom. The summed E-state index contributed by atoms with van der Waals surface area (Å²) in [6, 6.07) is 0. The normalized spacial score (nSPS) is 32.9. The molecule has 0 bridgehead atoms. The molecular weight excluding hydrogens is 188 g/mol. The van der Waals surface area contributed by atoms with Gasteiger partial charge in [-0.3, -0.25) is 0 Å². The van der Waals surface area contributed by atoms with Gasteiger partial charge in [-0.2, -0.15) is 0 Å². The van der Waals surface area contributed by atoms with Crippen molar-refractivity contribution in [1.29, 1.82) is 0 Å². The van der Waals surface area contributed by atoms with Crippen molar-refractivity contribution < 1.29 is 9.53 Å². The minimum Gasteiger partial charge on any atom is -0.384 e. The number of rotatable bonds is 6. The van der Waals surface area contributed by atoms with Gasteiger partial charge in [0, 0.05) is 18.4 Å². The molecule has 1 aliphatic carbocycles. The average molecular weight is 212 g/mol. The van der Waals surface area contributed by atoms with Crippen molar-refractivity contribution in [2.75, 3.05) is 13.7 Å². The molecule has 1 aliphatic rings. The third kappa shape index (κ3) is 2.41. The van der Waals surface area contributed by atoms with E-state index in [1.807, 2.05) is 0 Å². The first-order valence-corrected chi connectivity index (χ1v) is 6.15. The quantitative estimate of drug-likeness (QED) is 0.632. The van der Waals surface area contributed by atoms with Gasteiger partial charge in [-0.05, 0) is 18.8 Å². The van der Waals surface area contributed by atoms with Gasteiger partial charge in [0.25, 0.3) is 0 Å². The Bertz CT molecular complexity index is 203. The highest BCUT2D eigenvalue weighted by molar-refractivity contribution is 5.55. The summed E-state index contributed by atoms with van der Waals surface area (Å²) in [5, 5.41) is 0. The first-order chi connectivity index (χ1) is 7.21. The van der Waals surface area contributed by atoms with E-state index in [9.17, 15) is 4.79 Å². The lowest BCUT2D eigenvalue weighted by atomic mass is 9.68. The zero-order valence-electron chi connectivity index (χ0n) is 10.3. The van der Waals surface area contributed by atoms with Crippen LogP contribution < -0.4 is 0 Å². The molecule has 3 atom stereocenters. The predicted octanol–water partition coefficient (Wildman–Crippen LogP) is 3.05. The number of aldehydes is 1. The molecule has 1 rings (SSSR count). The first-order valence-electron chi connectivity index (χ1n) is 6.15. The molecule has 15 heavy (non-hydrogen) atoms. The van der Waals surface area contributed by atoms with Gasteiger partial charge in [0.2, 0.25) is 0 Å². The molecular formula is C13H24O2. The van der Waals surface area contributed by atoms with Gasteiger partial charge in [0.1, 0.15) is 6.29 Å². The molecule has 0 heterocycles. The van der Waals surface area contributed by atoms with Crippen LogP contribution in [-0.4, -0.2) is 20.0 Å². The second-order valence-electron chi connectivity index (χ2n) is 4.99. The Morgan fingerprint density at radius 1 is 1.60 bits per heavy atom. The van der Waals surface area contributed by atoms with Crippen LogP contribution in [0, 0.1) is 17.3 Å². The minimum absolute atomic E-state index is 0.131. The SMILES string of the molecule is CCCC(C=O)C1(COC)CCCC1C. The number of hydrogen-bond acceptors (Lipinski definition) is 2. The molecule has 0 radical (unpaired) electrons. The Kier molecular flexibility index (Phi) is 4.78. The Labute approximate surface area is 93.4 Å². The number of carbonyl (C=O) groups excluding carboxylic acids is 1. The summed E-state index contributed by atoms with van der Waals surface area (Å²) in [5.74, 6) is 0.819. The number of methoxy groups -OCH3 is 1. The van der Waals surface area contributed by atoms with Gasteiger partial charge in [-0.15, -0.1) is 0 Å². The third-order valence-electron chi connectivity index (χ3n) is 4.18. The van der Waals surface area contributed by atoms with E-state index in [1.54, 1.807) is 7.11 Å². The average Bonchev–Trinajstić information content (AvgIpc) is 2.58. The van der Waals surface area contributed by atoms with E-state index >= 15 is 0 Å². The predicted molar refractivity (Wildman–Crippen MR) is 61.8 cm³/mol. The van der Waals surface area contributed by atoms with Crippen LogP contribution in [0.1, 0.15) is 46.0 Å². The molecule has 0 N–H and O–H groups in total. The minimum atomic E-state index is 0.131. The van der Waals surface area contributed by atoms with Crippen LogP contribution in [-0.2, 0) is 9.53 Å². The lowest BCUT2D eigenvalue weighted by molar-refractivity contribution is -0.118. The second-order valence-corrected chi connectivity index (χ2v) is 4.99. The fourth-order valence-corrected chi connectivity index (χ4v) is 3.21. The lowest BCUT2D eigenvalue weighted by Gasteiger charge is -2.38. The second kappa shape index (κ2) is 5.64. The Balaban J connectivity index is 2.82. The largest absolute Gasteiger partial charge is 0.384 e. The van der Waals surface area contributed by atoms with Crippen molar-refractivity contribution >= 4 is 6.29 Å². The molecule has 0 spiro atoms. The Morgan fingerprint density at radius 2 is 2.33 bits per heavy atom. The summed E-state index contributed by atoms with van der Waals surface area (Å²) < 4.78 is 5.37. The molecule has 0 aromatic heterocycles.